The van der Waals surface area contributed by atoms with Crippen molar-refractivity contribution in [2.24, 2.45) is 0 Å². The summed E-state index contributed by atoms with van der Waals surface area (Å²) in [6.07, 6.45) is 8.51. The maximum absolute atomic E-state index is 13.7. The Bertz CT molecular complexity index is 643. The first-order valence-corrected chi connectivity index (χ1v) is 8.75. The van der Waals surface area contributed by atoms with Gasteiger partial charge in [-0.25, -0.2) is 9.37 Å². The van der Waals surface area contributed by atoms with Crippen LogP contribution < -0.4 is 0 Å². The molecular formula is C19H26FN3O. The zero-order valence-electron chi connectivity index (χ0n) is 14.3. The molecule has 0 N–H and O–H groups in total. The fourth-order valence-electron chi connectivity index (χ4n) is 3.53. The maximum Gasteiger partial charge on any atom is 0.123 e. The number of methoxy groups -OCH3 is 1. The molecule has 3 rings (SSSR count). The molecular weight excluding hydrogens is 305 g/mol. The van der Waals surface area contributed by atoms with Crippen molar-refractivity contribution in [1.82, 2.24) is 14.5 Å². The third-order valence-electron chi connectivity index (χ3n) is 4.80. The summed E-state index contributed by atoms with van der Waals surface area (Å²) in [6, 6.07) is 7.34. The Kier molecular flexibility index (Phi) is 5.99. The van der Waals surface area contributed by atoms with Crippen LogP contribution in [0.1, 0.15) is 43.0 Å². The van der Waals surface area contributed by atoms with Gasteiger partial charge in [0, 0.05) is 32.4 Å². The summed E-state index contributed by atoms with van der Waals surface area (Å²) in [5.41, 5.74) is 2.27. The highest BCUT2D eigenvalue weighted by Gasteiger charge is 2.24. The third kappa shape index (κ3) is 4.22. The first kappa shape index (κ1) is 17.1. The molecule has 0 saturated carbocycles. The van der Waals surface area contributed by atoms with Crippen molar-refractivity contribution in [3.8, 4) is 0 Å². The van der Waals surface area contributed by atoms with E-state index in [2.05, 4.69) is 14.5 Å². The number of hydrogen-bond donors (Lipinski definition) is 0. The Balaban J connectivity index is 1.79. The largest absolute Gasteiger partial charge is 0.383 e. The van der Waals surface area contributed by atoms with Crippen molar-refractivity contribution < 1.29 is 9.13 Å². The topological polar surface area (TPSA) is 30.3 Å². The van der Waals surface area contributed by atoms with Crippen LogP contribution in [0.3, 0.4) is 0 Å². The second kappa shape index (κ2) is 8.40. The van der Waals surface area contributed by atoms with Gasteiger partial charge in [-0.2, -0.15) is 0 Å². The van der Waals surface area contributed by atoms with E-state index in [1.807, 2.05) is 24.7 Å². The van der Waals surface area contributed by atoms with Crippen LogP contribution in [0.15, 0.2) is 36.8 Å². The van der Waals surface area contributed by atoms with E-state index >= 15 is 0 Å². The molecule has 1 fully saturated rings. The number of hydrogen-bond acceptors (Lipinski definition) is 3. The van der Waals surface area contributed by atoms with Gasteiger partial charge in [0.15, 0.2) is 0 Å². The van der Waals surface area contributed by atoms with Gasteiger partial charge >= 0.3 is 0 Å². The summed E-state index contributed by atoms with van der Waals surface area (Å²) < 4.78 is 21.0. The molecule has 1 aromatic heterocycles. The molecule has 24 heavy (non-hydrogen) atoms. The molecule has 0 amide bonds. The lowest BCUT2D eigenvalue weighted by molar-refractivity contribution is 0.174. The molecule has 1 aliphatic rings. The molecule has 0 aliphatic carbocycles. The highest BCUT2D eigenvalue weighted by Crippen LogP contribution is 2.31. The van der Waals surface area contributed by atoms with Crippen LogP contribution in [0.25, 0.3) is 0 Å². The quantitative estimate of drug-likeness (QED) is 0.807. The van der Waals surface area contributed by atoms with E-state index in [1.165, 1.54) is 31.0 Å². The number of benzene rings is 1. The maximum atomic E-state index is 13.7. The monoisotopic (exact) mass is 331 g/mol. The zero-order valence-corrected chi connectivity index (χ0v) is 14.3. The van der Waals surface area contributed by atoms with Crippen LogP contribution in [0, 0.1) is 5.82 Å². The van der Waals surface area contributed by atoms with E-state index in [9.17, 15) is 4.39 Å². The summed E-state index contributed by atoms with van der Waals surface area (Å²) in [5.74, 6) is -0.151. The zero-order chi connectivity index (χ0) is 16.8. The van der Waals surface area contributed by atoms with Gasteiger partial charge in [-0.15, -0.1) is 0 Å². The molecule has 130 valence electrons. The SMILES string of the molecule is COCCn1cncc1CN1CCCCC[C@@H]1c1cccc(F)c1. The molecule has 2 aromatic rings. The molecule has 4 nitrogen and oxygen atoms in total. The molecule has 0 bridgehead atoms. The van der Waals surface area contributed by atoms with E-state index in [4.69, 9.17) is 4.74 Å². The Morgan fingerprint density at radius 1 is 1.29 bits per heavy atom. The number of halogens is 1. The van der Waals surface area contributed by atoms with Gasteiger partial charge in [0.05, 0.1) is 18.6 Å². The lowest BCUT2D eigenvalue weighted by atomic mass is 10.0. The van der Waals surface area contributed by atoms with Crippen LogP contribution in [0.4, 0.5) is 4.39 Å². The average Bonchev–Trinajstić information content (AvgIpc) is 2.88. The van der Waals surface area contributed by atoms with Crippen molar-refractivity contribution in [3.05, 3.63) is 53.9 Å². The van der Waals surface area contributed by atoms with Crippen molar-refractivity contribution >= 4 is 0 Å². The van der Waals surface area contributed by atoms with Gasteiger partial charge in [-0.05, 0) is 37.1 Å². The third-order valence-corrected chi connectivity index (χ3v) is 4.80. The minimum Gasteiger partial charge on any atom is -0.383 e. The number of aromatic nitrogens is 2. The van der Waals surface area contributed by atoms with Gasteiger partial charge in [0.2, 0.25) is 0 Å². The number of likely N-dealkylation sites (tertiary alicyclic amines) is 1. The minimum absolute atomic E-state index is 0.151. The standard InChI is InChI=1S/C19H26FN3O/c1-24-11-10-23-15-21-13-18(23)14-22-9-4-2-3-8-19(22)16-6-5-7-17(20)12-16/h5-7,12-13,15,19H,2-4,8-11,14H2,1H3/t19-/m1/s1. The number of ether oxygens (including phenoxy) is 1. The van der Waals surface area contributed by atoms with E-state index in [-0.39, 0.29) is 11.9 Å². The predicted octanol–water partition coefficient (Wildman–Crippen LogP) is 3.79. The van der Waals surface area contributed by atoms with E-state index in [0.29, 0.717) is 6.61 Å². The summed E-state index contributed by atoms with van der Waals surface area (Å²) in [6.45, 7) is 3.36. The van der Waals surface area contributed by atoms with Gasteiger partial charge in [-0.1, -0.05) is 25.0 Å². The van der Waals surface area contributed by atoms with Crippen LogP contribution in [0.5, 0.6) is 0 Å². The summed E-state index contributed by atoms with van der Waals surface area (Å²) in [7, 11) is 1.71. The van der Waals surface area contributed by atoms with Crippen molar-refractivity contribution in [2.75, 3.05) is 20.3 Å². The number of rotatable bonds is 6. The molecule has 5 heteroatoms. The van der Waals surface area contributed by atoms with Crippen LogP contribution >= 0.6 is 0 Å². The van der Waals surface area contributed by atoms with Gasteiger partial charge in [-0.3, -0.25) is 4.90 Å². The first-order chi connectivity index (χ1) is 11.8. The Morgan fingerprint density at radius 2 is 2.21 bits per heavy atom. The predicted molar refractivity (Wildman–Crippen MR) is 92.1 cm³/mol. The molecule has 2 heterocycles. The molecule has 0 radical (unpaired) electrons. The van der Waals surface area contributed by atoms with Crippen molar-refractivity contribution in [3.63, 3.8) is 0 Å². The van der Waals surface area contributed by atoms with Crippen LogP contribution in [0.2, 0.25) is 0 Å². The fourth-order valence-corrected chi connectivity index (χ4v) is 3.53. The minimum atomic E-state index is -0.151. The lowest BCUT2D eigenvalue weighted by Crippen LogP contribution is -2.29. The number of nitrogens with zero attached hydrogens (tertiary/aromatic N) is 3. The molecule has 1 aliphatic heterocycles. The van der Waals surface area contributed by atoms with Crippen molar-refractivity contribution in [2.45, 2.75) is 44.8 Å². The fraction of sp³-hybridized carbons (Fsp3) is 0.526. The number of imidazole rings is 1. The Labute approximate surface area is 143 Å². The summed E-state index contributed by atoms with van der Waals surface area (Å²) in [4.78, 5) is 6.77. The van der Waals surface area contributed by atoms with E-state index < -0.39 is 0 Å². The van der Waals surface area contributed by atoms with Crippen LogP contribution in [-0.4, -0.2) is 34.7 Å². The highest BCUT2D eigenvalue weighted by molar-refractivity contribution is 5.21. The second-order valence-electron chi connectivity index (χ2n) is 6.46. The Morgan fingerprint density at radius 3 is 3.04 bits per heavy atom. The average molecular weight is 331 g/mol. The molecule has 0 spiro atoms. The van der Waals surface area contributed by atoms with E-state index in [0.717, 1.165) is 31.6 Å². The van der Waals surface area contributed by atoms with Gasteiger partial charge in [0.1, 0.15) is 5.82 Å². The highest BCUT2D eigenvalue weighted by atomic mass is 19.1. The van der Waals surface area contributed by atoms with Crippen molar-refractivity contribution in [1.29, 1.82) is 0 Å². The molecule has 1 atom stereocenters. The van der Waals surface area contributed by atoms with Crippen LogP contribution in [-0.2, 0) is 17.8 Å². The smallest absolute Gasteiger partial charge is 0.123 e. The van der Waals surface area contributed by atoms with Gasteiger partial charge in [0.25, 0.3) is 0 Å². The molecule has 1 saturated heterocycles. The first-order valence-electron chi connectivity index (χ1n) is 8.75. The van der Waals surface area contributed by atoms with E-state index in [1.54, 1.807) is 13.2 Å². The Hall–Kier alpha value is -1.72. The summed E-state index contributed by atoms with van der Waals surface area (Å²) in [5, 5.41) is 0. The summed E-state index contributed by atoms with van der Waals surface area (Å²) >= 11 is 0. The van der Waals surface area contributed by atoms with Gasteiger partial charge < -0.3 is 9.30 Å². The molecule has 0 unspecified atom stereocenters. The molecule has 1 aromatic carbocycles. The second-order valence-corrected chi connectivity index (χ2v) is 6.46. The normalized spacial score (nSPS) is 19.3. The lowest BCUT2D eigenvalue weighted by Gasteiger charge is -2.30.